The Labute approximate surface area is 142 Å². The number of anilines is 1. The van der Waals surface area contributed by atoms with Crippen molar-refractivity contribution >= 4 is 5.82 Å². The second-order valence-corrected chi connectivity index (χ2v) is 6.78. The number of fused-ring (bicyclic) bond motifs is 1. The molecule has 1 fully saturated rings. The number of aryl methyl sites for hydroxylation is 1. The molecule has 5 heteroatoms. The highest BCUT2D eigenvalue weighted by atomic mass is 16.5. The van der Waals surface area contributed by atoms with Crippen molar-refractivity contribution in [3.8, 4) is 11.4 Å². The maximum Gasteiger partial charge on any atom is 0.161 e. The van der Waals surface area contributed by atoms with Crippen molar-refractivity contribution in [1.82, 2.24) is 15.0 Å². The monoisotopic (exact) mass is 324 g/mol. The Kier molecular flexibility index (Phi) is 4.43. The molecule has 2 atom stereocenters. The van der Waals surface area contributed by atoms with Crippen LogP contribution in [-0.4, -0.2) is 34.2 Å². The van der Waals surface area contributed by atoms with Crippen LogP contribution in [-0.2, 0) is 17.6 Å². The molecule has 5 nitrogen and oxygen atoms in total. The average molecular weight is 324 g/mol. The molecule has 2 unspecified atom stereocenters. The first-order valence-electron chi connectivity index (χ1n) is 8.93. The lowest BCUT2D eigenvalue weighted by Gasteiger charge is -2.29. The van der Waals surface area contributed by atoms with Crippen molar-refractivity contribution in [3.05, 3.63) is 35.8 Å². The number of pyridine rings is 1. The Hall–Kier alpha value is -2.01. The van der Waals surface area contributed by atoms with Gasteiger partial charge in [0, 0.05) is 42.4 Å². The van der Waals surface area contributed by atoms with E-state index >= 15 is 0 Å². The second kappa shape index (κ2) is 6.85. The van der Waals surface area contributed by atoms with Gasteiger partial charge in [0.05, 0.1) is 6.10 Å². The van der Waals surface area contributed by atoms with Crippen LogP contribution in [0.1, 0.15) is 43.4 Å². The van der Waals surface area contributed by atoms with Gasteiger partial charge in [0.15, 0.2) is 5.82 Å². The summed E-state index contributed by atoms with van der Waals surface area (Å²) in [7, 11) is 1.82. The SMILES string of the molecule is COC1CCCC(Nc2nc(-c3ccncc3)nc3c2CCC3)C1. The van der Waals surface area contributed by atoms with Crippen LogP contribution >= 0.6 is 0 Å². The van der Waals surface area contributed by atoms with E-state index in [0.29, 0.717) is 12.1 Å². The zero-order valence-electron chi connectivity index (χ0n) is 14.2. The zero-order chi connectivity index (χ0) is 16.4. The molecular weight excluding hydrogens is 300 g/mol. The molecule has 2 aliphatic carbocycles. The van der Waals surface area contributed by atoms with Crippen molar-refractivity contribution in [2.24, 2.45) is 0 Å². The summed E-state index contributed by atoms with van der Waals surface area (Å²) in [6.45, 7) is 0. The van der Waals surface area contributed by atoms with E-state index in [-0.39, 0.29) is 0 Å². The molecule has 0 bridgehead atoms. The molecule has 1 saturated carbocycles. The molecular formula is C19H24N4O. The van der Waals surface area contributed by atoms with E-state index in [1.807, 2.05) is 19.2 Å². The van der Waals surface area contributed by atoms with E-state index in [1.165, 1.54) is 36.9 Å². The minimum absolute atomic E-state index is 0.366. The van der Waals surface area contributed by atoms with Gasteiger partial charge in [0.25, 0.3) is 0 Å². The standard InChI is InChI=1S/C19H24N4O/c1-24-15-5-2-4-14(12-15)21-19-16-6-3-7-17(16)22-18(23-19)13-8-10-20-11-9-13/h8-11,14-15H,2-7,12H2,1H3,(H,21,22,23). The second-order valence-electron chi connectivity index (χ2n) is 6.78. The molecule has 24 heavy (non-hydrogen) atoms. The summed E-state index contributed by atoms with van der Waals surface area (Å²) in [5, 5.41) is 3.71. The van der Waals surface area contributed by atoms with Crippen LogP contribution in [0.5, 0.6) is 0 Å². The number of methoxy groups -OCH3 is 1. The van der Waals surface area contributed by atoms with E-state index in [4.69, 9.17) is 14.7 Å². The van der Waals surface area contributed by atoms with Crippen LogP contribution in [0.3, 0.4) is 0 Å². The third kappa shape index (κ3) is 3.13. The zero-order valence-corrected chi connectivity index (χ0v) is 14.2. The molecule has 126 valence electrons. The molecule has 1 N–H and O–H groups in total. The summed E-state index contributed by atoms with van der Waals surface area (Å²) in [5.74, 6) is 1.84. The molecule has 0 aliphatic heterocycles. The van der Waals surface area contributed by atoms with Crippen LogP contribution in [0.4, 0.5) is 5.82 Å². The first-order chi connectivity index (χ1) is 11.8. The molecule has 2 aromatic heterocycles. The summed E-state index contributed by atoms with van der Waals surface area (Å²) in [6, 6.07) is 4.39. The van der Waals surface area contributed by atoms with Crippen LogP contribution in [0, 0.1) is 0 Å². The Morgan fingerprint density at radius 2 is 1.96 bits per heavy atom. The molecule has 2 aromatic rings. The van der Waals surface area contributed by atoms with Gasteiger partial charge in [0.1, 0.15) is 5.82 Å². The molecule has 0 spiro atoms. The lowest BCUT2D eigenvalue weighted by atomic mass is 9.92. The molecule has 0 amide bonds. The summed E-state index contributed by atoms with van der Waals surface area (Å²) >= 11 is 0. The summed E-state index contributed by atoms with van der Waals surface area (Å²) in [4.78, 5) is 13.8. The lowest BCUT2D eigenvalue weighted by molar-refractivity contribution is 0.0669. The Balaban J connectivity index is 1.63. The largest absolute Gasteiger partial charge is 0.381 e. The number of ether oxygens (including phenoxy) is 1. The molecule has 2 aliphatic rings. The van der Waals surface area contributed by atoms with Crippen LogP contribution in [0.25, 0.3) is 11.4 Å². The van der Waals surface area contributed by atoms with Gasteiger partial charge in [-0.25, -0.2) is 9.97 Å². The van der Waals surface area contributed by atoms with Gasteiger partial charge in [-0.3, -0.25) is 4.98 Å². The first kappa shape index (κ1) is 15.5. The summed E-state index contributed by atoms with van der Waals surface area (Å²) < 4.78 is 5.57. The van der Waals surface area contributed by atoms with Gasteiger partial charge in [-0.1, -0.05) is 0 Å². The highest BCUT2D eigenvalue weighted by Crippen LogP contribution is 2.31. The number of hydrogen-bond acceptors (Lipinski definition) is 5. The highest BCUT2D eigenvalue weighted by Gasteiger charge is 2.25. The fraction of sp³-hybridized carbons (Fsp3) is 0.526. The van der Waals surface area contributed by atoms with E-state index in [2.05, 4.69) is 10.3 Å². The van der Waals surface area contributed by atoms with E-state index in [9.17, 15) is 0 Å². The smallest absolute Gasteiger partial charge is 0.161 e. The summed E-state index contributed by atoms with van der Waals surface area (Å²) in [5.41, 5.74) is 3.55. The molecule has 0 aromatic carbocycles. The van der Waals surface area contributed by atoms with Gasteiger partial charge in [0.2, 0.25) is 0 Å². The topological polar surface area (TPSA) is 59.9 Å². The van der Waals surface area contributed by atoms with E-state index < -0.39 is 0 Å². The van der Waals surface area contributed by atoms with E-state index in [1.54, 1.807) is 12.4 Å². The number of hydrogen-bond donors (Lipinski definition) is 1. The average Bonchev–Trinajstić information content (AvgIpc) is 3.11. The summed E-state index contributed by atoms with van der Waals surface area (Å²) in [6.07, 6.45) is 11.9. The fourth-order valence-electron chi connectivity index (χ4n) is 3.87. The highest BCUT2D eigenvalue weighted by molar-refractivity contribution is 5.60. The quantitative estimate of drug-likeness (QED) is 0.934. The Bertz CT molecular complexity index is 704. The third-order valence-electron chi connectivity index (χ3n) is 5.17. The van der Waals surface area contributed by atoms with Crippen LogP contribution in [0.15, 0.2) is 24.5 Å². The predicted molar refractivity (Wildman–Crippen MR) is 94.0 cm³/mol. The minimum atomic E-state index is 0.366. The fourth-order valence-corrected chi connectivity index (χ4v) is 3.87. The van der Waals surface area contributed by atoms with Gasteiger partial charge >= 0.3 is 0 Å². The van der Waals surface area contributed by atoms with Crippen molar-refractivity contribution in [2.45, 2.75) is 57.1 Å². The number of nitrogens with one attached hydrogen (secondary N) is 1. The van der Waals surface area contributed by atoms with Gasteiger partial charge in [-0.15, -0.1) is 0 Å². The van der Waals surface area contributed by atoms with Crippen molar-refractivity contribution in [3.63, 3.8) is 0 Å². The van der Waals surface area contributed by atoms with Gasteiger partial charge in [-0.2, -0.15) is 0 Å². The number of nitrogens with zero attached hydrogens (tertiary/aromatic N) is 3. The lowest BCUT2D eigenvalue weighted by Crippen LogP contribution is -2.31. The maximum absolute atomic E-state index is 5.57. The Morgan fingerprint density at radius 3 is 2.79 bits per heavy atom. The Morgan fingerprint density at radius 1 is 1.08 bits per heavy atom. The molecule has 2 heterocycles. The maximum atomic E-state index is 5.57. The predicted octanol–water partition coefficient (Wildman–Crippen LogP) is 3.40. The van der Waals surface area contributed by atoms with Gasteiger partial charge < -0.3 is 10.1 Å². The van der Waals surface area contributed by atoms with Gasteiger partial charge in [-0.05, 0) is 57.1 Å². The number of aromatic nitrogens is 3. The van der Waals surface area contributed by atoms with Crippen molar-refractivity contribution < 1.29 is 4.74 Å². The molecule has 0 radical (unpaired) electrons. The van der Waals surface area contributed by atoms with Crippen molar-refractivity contribution in [1.29, 1.82) is 0 Å². The third-order valence-corrected chi connectivity index (χ3v) is 5.17. The van der Waals surface area contributed by atoms with Crippen LogP contribution in [0.2, 0.25) is 0 Å². The van der Waals surface area contributed by atoms with Crippen LogP contribution < -0.4 is 5.32 Å². The first-order valence-corrected chi connectivity index (χ1v) is 8.93. The minimum Gasteiger partial charge on any atom is -0.381 e. The van der Waals surface area contributed by atoms with Crippen molar-refractivity contribution in [2.75, 3.05) is 12.4 Å². The molecule has 4 rings (SSSR count). The molecule has 0 saturated heterocycles. The van der Waals surface area contributed by atoms with E-state index in [0.717, 1.165) is 36.5 Å². The number of rotatable bonds is 4. The normalized spacial score (nSPS) is 23.0.